The van der Waals surface area contributed by atoms with Gasteiger partial charge in [-0.1, -0.05) is 11.6 Å². The van der Waals surface area contributed by atoms with Gasteiger partial charge >= 0.3 is 0 Å². The second kappa shape index (κ2) is 6.53. The summed E-state index contributed by atoms with van der Waals surface area (Å²) in [5.74, 6) is -0.321. The molecule has 0 aliphatic heterocycles. The van der Waals surface area contributed by atoms with Crippen molar-refractivity contribution in [1.29, 1.82) is 0 Å². The van der Waals surface area contributed by atoms with Crippen molar-refractivity contribution in [2.45, 2.75) is 20.0 Å². The highest BCUT2D eigenvalue weighted by Gasteiger charge is 2.16. The number of carbonyl (C=O) groups is 1. The first-order valence-electron chi connectivity index (χ1n) is 6.10. The van der Waals surface area contributed by atoms with Gasteiger partial charge in [-0.05, 0) is 6.92 Å². The average Bonchev–Trinajstić information content (AvgIpc) is 3.02. The van der Waals surface area contributed by atoms with Crippen molar-refractivity contribution in [2.75, 3.05) is 13.7 Å². The molecule has 0 fully saturated rings. The minimum absolute atomic E-state index is 0.201. The van der Waals surface area contributed by atoms with Crippen LogP contribution in [0, 0.1) is 6.92 Å². The molecular weight excluding hydrogens is 282 g/mol. The summed E-state index contributed by atoms with van der Waals surface area (Å²) < 4.78 is 6.93. The minimum Gasteiger partial charge on any atom is -0.383 e. The fourth-order valence-electron chi connectivity index (χ4n) is 1.71. The second-order valence-electron chi connectivity index (χ2n) is 4.27. The Labute approximate surface area is 121 Å². The van der Waals surface area contributed by atoms with Crippen LogP contribution < -0.4 is 5.32 Å². The monoisotopic (exact) mass is 297 g/mol. The zero-order valence-corrected chi connectivity index (χ0v) is 12.1. The molecule has 20 heavy (non-hydrogen) atoms. The van der Waals surface area contributed by atoms with E-state index in [0.29, 0.717) is 30.4 Å². The van der Waals surface area contributed by atoms with E-state index < -0.39 is 0 Å². The molecule has 7 nitrogen and oxygen atoms in total. The SMILES string of the molecule is COCCn1cncc1CNC(=O)c1n[nH]c(C)c1Cl. The van der Waals surface area contributed by atoms with Gasteiger partial charge in [0, 0.05) is 19.9 Å². The Morgan fingerprint density at radius 1 is 1.60 bits per heavy atom. The molecular formula is C12H16ClN5O2. The summed E-state index contributed by atoms with van der Waals surface area (Å²) in [4.78, 5) is 16.0. The maximum absolute atomic E-state index is 12.0. The number of aryl methyl sites for hydroxylation is 1. The summed E-state index contributed by atoms with van der Waals surface area (Å²) in [6, 6.07) is 0. The van der Waals surface area contributed by atoms with Crippen LogP contribution in [-0.4, -0.2) is 39.4 Å². The number of hydrogen-bond acceptors (Lipinski definition) is 4. The van der Waals surface area contributed by atoms with Gasteiger partial charge in [0.15, 0.2) is 5.69 Å². The number of amides is 1. The van der Waals surface area contributed by atoms with Crippen LogP contribution in [0.3, 0.4) is 0 Å². The van der Waals surface area contributed by atoms with Gasteiger partial charge in [0.05, 0.1) is 35.9 Å². The topological polar surface area (TPSA) is 84.8 Å². The normalized spacial score (nSPS) is 10.8. The fraction of sp³-hybridized carbons (Fsp3) is 0.417. The average molecular weight is 298 g/mol. The molecule has 2 N–H and O–H groups in total. The van der Waals surface area contributed by atoms with Crippen LogP contribution in [0.5, 0.6) is 0 Å². The molecule has 0 aliphatic carbocycles. The van der Waals surface area contributed by atoms with Gasteiger partial charge in [-0.3, -0.25) is 9.89 Å². The number of nitrogens with zero attached hydrogens (tertiary/aromatic N) is 3. The maximum Gasteiger partial charge on any atom is 0.273 e. The first-order valence-corrected chi connectivity index (χ1v) is 6.48. The Balaban J connectivity index is 1.97. The van der Waals surface area contributed by atoms with Crippen molar-refractivity contribution >= 4 is 17.5 Å². The van der Waals surface area contributed by atoms with Crippen LogP contribution in [0.4, 0.5) is 0 Å². The van der Waals surface area contributed by atoms with Crippen LogP contribution in [0.15, 0.2) is 12.5 Å². The third-order valence-corrected chi connectivity index (χ3v) is 3.32. The molecule has 1 amide bonds. The zero-order chi connectivity index (χ0) is 14.5. The van der Waals surface area contributed by atoms with Crippen molar-refractivity contribution in [3.8, 4) is 0 Å². The number of aromatic amines is 1. The van der Waals surface area contributed by atoms with E-state index in [2.05, 4.69) is 20.5 Å². The maximum atomic E-state index is 12.0. The number of hydrogen-bond donors (Lipinski definition) is 2. The quantitative estimate of drug-likeness (QED) is 0.837. The van der Waals surface area contributed by atoms with Crippen molar-refractivity contribution in [3.63, 3.8) is 0 Å². The summed E-state index contributed by atoms with van der Waals surface area (Å²) in [6.45, 7) is 3.38. The Hall–Kier alpha value is -1.86. The lowest BCUT2D eigenvalue weighted by Gasteiger charge is -2.08. The molecule has 0 aliphatic rings. The summed E-state index contributed by atoms with van der Waals surface area (Å²) in [5.41, 5.74) is 1.76. The highest BCUT2D eigenvalue weighted by atomic mass is 35.5. The minimum atomic E-state index is -0.321. The molecule has 2 heterocycles. The number of aromatic nitrogens is 4. The molecule has 2 aromatic heterocycles. The number of H-pyrrole nitrogens is 1. The highest BCUT2D eigenvalue weighted by Crippen LogP contribution is 2.16. The second-order valence-corrected chi connectivity index (χ2v) is 4.64. The Morgan fingerprint density at radius 2 is 2.40 bits per heavy atom. The number of ether oxygens (including phenoxy) is 1. The smallest absolute Gasteiger partial charge is 0.273 e. The van der Waals surface area contributed by atoms with E-state index in [1.54, 1.807) is 26.6 Å². The predicted molar refractivity (Wildman–Crippen MR) is 73.6 cm³/mol. The van der Waals surface area contributed by atoms with Gasteiger partial charge in [0.25, 0.3) is 5.91 Å². The summed E-state index contributed by atoms with van der Waals surface area (Å²) in [7, 11) is 1.64. The molecule has 0 radical (unpaired) electrons. The van der Waals surface area contributed by atoms with Crippen molar-refractivity contribution in [1.82, 2.24) is 25.1 Å². The third kappa shape index (κ3) is 3.17. The van der Waals surface area contributed by atoms with Crippen molar-refractivity contribution in [2.24, 2.45) is 0 Å². The van der Waals surface area contributed by atoms with Crippen LogP contribution in [0.25, 0.3) is 0 Å². The third-order valence-electron chi connectivity index (χ3n) is 2.85. The van der Waals surface area contributed by atoms with Crippen LogP contribution in [0.1, 0.15) is 21.9 Å². The van der Waals surface area contributed by atoms with Crippen molar-refractivity contribution < 1.29 is 9.53 Å². The van der Waals surface area contributed by atoms with E-state index in [1.165, 1.54) is 0 Å². The zero-order valence-electron chi connectivity index (χ0n) is 11.3. The molecule has 2 aromatic rings. The van der Waals surface area contributed by atoms with E-state index in [-0.39, 0.29) is 11.6 Å². The molecule has 0 spiro atoms. The van der Waals surface area contributed by atoms with Crippen LogP contribution >= 0.6 is 11.6 Å². The highest BCUT2D eigenvalue weighted by molar-refractivity contribution is 6.34. The number of rotatable bonds is 6. The van der Waals surface area contributed by atoms with Gasteiger partial charge in [-0.2, -0.15) is 5.10 Å². The lowest BCUT2D eigenvalue weighted by molar-refractivity contribution is 0.0945. The molecule has 0 bridgehead atoms. The molecule has 0 atom stereocenters. The van der Waals surface area contributed by atoms with E-state index in [9.17, 15) is 4.79 Å². The molecule has 2 rings (SSSR count). The lowest BCUT2D eigenvalue weighted by atomic mass is 10.3. The van der Waals surface area contributed by atoms with E-state index in [4.69, 9.17) is 16.3 Å². The predicted octanol–water partition coefficient (Wildman–Crippen LogP) is 1.14. The Bertz CT molecular complexity index is 592. The van der Waals surface area contributed by atoms with Crippen LogP contribution in [-0.2, 0) is 17.8 Å². The molecule has 0 saturated carbocycles. The number of carbonyl (C=O) groups excluding carboxylic acids is 1. The molecule has 0 saturated heterocycles. The van der Waals surface area contributed by atoms with Crippen molar-refractivity contribution in [3.05, 3.63) is 34.6 Å². The molecule has 0 unspecified atom stereocenters. The van der Waals surface area contributed by atoms with E-state index >= 15 is 0 Å². The fourth-order valence-corrected chi connectivity index (χ4v) is 1.88. The summed E-state index contributed by atoms with van der Waals surface area (Å²) >= 11 is 5.98. The van der Waals surface area contributed by atoms with Gasteiger partial charge < -0.3 is 14.6 Å². The Kier molecular flexibility index (Phi) is 4.75. The van der Waals surface area contributed by atoms with Gasteiger partial charge in [0.2, 0.25) is 0 Å². The van der Waals surface area contributed by atoms with Gasteiger partial charge in [-0.25, -0.2) is 4.98 Å². The molecule has 8 heteroatoms. The van der Waals surface area contributed by atoms with Gasteiger partial charge in [-0.15, -0.1) is 0 Å². The number of nitrogens with one attached hydrogen (secondary N) is 2. The van der Waals surface area contributed by atoms with Crippen LogP contribution in [0.2, 0.25) is 5.02 Å². The van der Waals surface area contributed by atoms with E-state index in [0.717, 1.165) is 5.69 Å². The first kappa shape index (κ1) is 14.5. The lowest BCUT2D eigenvalue weighted by Crippen LogP contribution is -2.25. The molecule has 0 aromatic carbocycles. The number of imidazole rings is 1. The first-order chi connectivity index (χ1) is 9.63. The largest absolute Gasteiger partial charge is 0.383 e. The summed E-state index contributed by atoms with van der Waals surface area (Å²) in [5, 5.41) is 9.66. The number of methoxy groups -OCH3 is 1. The number of halogens is 1. The summed E-state index contributed by atoms with van der Waals surface area (Å²) in [6.07, 6.45) is 3.40. The molecule has 108 valence electrons. The van der Waals surface area contributed by atoms with Gasteiger partial charge in [0.1, 0.15) is 0 Å². The standard InChI is InChI=1S/C12H16ClN5O2/c1-8-10(13)11(17-16-8)12(19)15-6-9-5-14-7-18(9)3-4-20-2/h5,7H,3-4,6H2,1-2H3,(H,15,19)(H,16,17). The Morgan fingerprint density at radius 3 is 3.05 bits per heavy atom. The van der Waals surface area contributed by atoms with E-state index in [1.807, 2.05) is 4.57 Å².